The van der Waals surface area contributed by atoms with Gasteiger partial charge < -0.3 is 9.84 Å². The first-order valence-corrected chi connectivity index (χ1v) is 12.6. The predicted molar refractivity (Wildman–Crippen MR) is 125 cm³/mol. The zero-order valence-electron chi connectivity index (χ0n) is 19.1. The van der Waals surface area contributed by atoms with Crippen LogP contribution in [0.3, 0.4) is 0 Å². The molecule has 9 nitrogen and oxygen atoms in total. The molecule has 0 fully saturated rings. The van der Waals surface area contributed by atoms with E-state index < -0.39 is 16.0 Å². The normalized spacial score (nSPS) is 18.5. The summed E-state index contributed by atoms with van der Waals surface area (Å²) < 4.78 is 34.2. The Balaban J connectivity index is 1.62. The molecule has 0 saturated carbocycles. The molecule has 0 aliphatic carbocycles. The van der Waals surface area contributed by atoms with Gasteiger partial charge in [0.25, 0.3) is 0 Å². The second-order valence-corrected chi connectivity index (χ2v) is 10.6. The zero-order valence-corrected chi connectivity index (χ0v) is 20.0. The molecule has 1 aliphatic heterocycles. The van der Waals surface area contributed by atoms with Crippen molar-refractivity contribution in [3.05, 3.63) is 71.0 Å². The molecule has 10 heteroatoms. The summed E-state index contributed by atoms with van der Waals surface area (Å²) in [7, 11) is -3.76. The molecule has 3 aromatic rings. The Morgan fingerprint density at radius 2 is 2.09 bits per heavy atom. The average Bonchev–Trinajstić information content (AvgIpc) is 3.28. The number of carbonyl (C=O) groups is 1. The number of hydrogen-bond donors (Lipinski definition) is 2. The van der Waals surface area contributed by atoms with Crippen LogP contribution in [-0.2, 0) is 27.8 Å². The van der Waals surface area contributed by atoms with Crippen LogP contribution >= 0.6 is 0 Å². The topological polar surface area (TPSA) is 125 Å². The number of fused-ring (bicyclic) bond motifs is 1. The molecular formula is C24H28N4O5S. The van der Waals surface area contributed by atoms with Crippen molar-refractivity contribution in [3.8, 4) is 5.75 Å². The number of aryl methyl sites for hydroxylation is 2. The van der Waals surface area contributed by atoms with Gasteiger partial charge in [0.2, 0.25) is 10.0 Å². The summed E-state index contributed by atoms with van der Waals surface area (Å²) in [5, 5.41) is 19.9. The Hall–Kier alpha value is -3.24. The number of H-pyrrole nitrogens is 1. The smallest absolute Gasteiger partial charge is 0.303 e. The van der Waals surface area contributed by atoms with Gasteiger partial charge in [-0.25, -0.2) is 8.42 Å². The number of aromatic amines is 1. The number of hydrogen-bond acceptors (Lipinski definition) is 6. The van der Waals surface area contributed by atoms with Crippen LogP contribution in [-0.4, -0.2) is 51.9 Å². The first-order chi connectivity index (χ1) is 16.2. The summed E-state index contributed by atoms with van der Waals surface area (Å²) in [5.41, 5.74) is 3.41. The predicted octanol–water partition coefficient (Wildman–Crippen LogP) is 3.28. The van der Waals surface area contributed by atoms with Crippen LogP contribution in [0, 0.1) is 6.92 Å². The van der Waals surface area contributed by atoms with Gasteiger partial charge in [-0.15, -0.1) is 0 Å². The van der Waals surface area contributed by atoms with Crippen molar-refractivity contribution in [2.24, 2.45) is 0 Å². The van der Waals surface area contributed by atoms with E-state index in [2.05, 4.69) is 15.4 Å². The molecule has 1 unspecified atom stereocenters. The van der Waals surface area contributed by atoms with Crippen molar-refractivity contribution in [1.29, 1.82) is 0 Å². The Kier molecular flexibility index (Phi) is 6.99. The second-order valence-electron chi connectivity index (χ2n) is 8.65. The molecule has 0 saturated heterocycles. The molecule has 180 valence electrons. The summed E-state index contributed by atoms with van der Waals surface area (Å²) >= 11 is 0. The number of aliphatic carboxylic acids is 1. The van der Waals surface area contributed by atoms with Crippen LogP contribution in [0.25, 0.3) is 0 Å². The third-order valence-electron chi connectivity index (χ3n) is 6.08. The minimum Gasteiger partial charge on any atom is -0.488 e. The number of carboxylic acid groups (broad SMARTS) is 1. The third-order valence-corrected chi connectivity index (χ3v) is 7.93. The Morgan fingerprint density at radius 3 is 2.82 bits per heavy atom. The van der Waals surface area contributed by atoms with Crippen molar-refractivity contribution in [2.75, 3.05) is 6.54 Å². The van der Waals surface area contributed by atoms with Crippen molar-refractivity contribution in [2.45, 2.75) is 56.6 Å². The van der Waals surface area contributed by atoms with Gasteiger partial charge in [-0.1, -0.05) is 30.3 Å². The summed E-state index contributed by atoms with van der Waals surface area (Å²) in [5.74, 6) is -0.764. The van der Waals surface area contributed by atoms with E-state index in [1.807, 2.05) is 32.0 Å². The van der Waals surface area contributed by atoms with Gasteiger partial charge in [0.15, 0.2) is 0 Å². The highest BCUT2D eigenvalue weighted by molar-refractivity contribution is 7.89. The molecule has 1 aromatic heterocycles. The van der Waals surface area contributed by atoms with E-state index in [1.165, 1.54) is 4.31 Å². The lowest BCUT2D eigenvalue weighted by Crippen LogP contribution is -2.35. The van der Waals surface area contributed by atoms with Crippen molar-refractivity contribution in [3.63, 3.8) is 0 Å². The highest BCUT2D eigenvalue weighted by atomic mass is 32.2. The number of aromatic nitrogens is 3. The molecule has 0 amide bonds. The number of nitrogens with zero attached hydrogens (tertiary/aromatic N) is 3. The van der Waals surface area contributed by atoms with Crippen LogP contribution in [0.2, 0.25) is 0 Å². The van der Waals surface area contributed by atoms with Crippen molar-refractivity contribution in [1.82, 2.24) is 19.7 Å². The first kappa shape index (κ1) is 23.9. The van der Waals surface area contributed by atoms with E-state index in [9.17, 15) is 18.3 Å². The fourth-order valence-electron chi connectivity index (χ4n) is 4.26. The summed E-state index contributed by atoms with van der Waals surface area (Å²) in [4.78, 5) is 11.7. The van der Waals surface area contributed by atoms with Gasteiger partial charge in [0, 0.05) is 6.54 Å². The second kappa shape index (κ2) is 9.94. The van der Waals surface area contributed by atoms with E-state index in [4.69, 9.17) is 4.74 Å². The molecule has 2 atom stereocenters. The lowest BCUT2D eigenvalue weighted by Gasteiger charge is -2.23. The average molecular weight is 485 g/mol. The van der Waals surface area contributed by atoms with E-state index in [0.29, 0.717) is 18.6 Å². The number of nitrogens with one attached hydrogen (secondary N) is 1. The third kappa shape index (κ3) is 5.28. The minimum atomic E-state index is -3.76. The molecule has 2 heterocycles. The molecule has 0 spiro atoms. The maximum Gasteiger partial charge on any atom is 0.303 e. The summed E-state index contributed by atoms with van der Waals surface area (Å²) in [6.45, 7) is 4.16. The van der Waals surface area contributed by atoms with E-state index in [0.717, 1.165) is 22.4 Å². The number of sulfonamides is 1. The standard InChI is InChI=1S/C24H28N4O5S/c1-16-7-8-18(19(12-24(29)30)9-10-21-13-25-27-26-21)11-20(16)15-28-14-17(2)33-22-5-3-4-6-23(22)34(28,31)32/h3-8,11,13,17,19H,9-10,12,14-15H2,1-2H3,(H,29,30)(H,25,26,27)/t17-,19?/m1/s1. The maximum absolute atomic E-state index is 13.4. The van der Waals surface area contributed by atoms with E-state index in [-0.39, 0.29) is 36.4 Å². The van der Waals surface area contributed by atoms with E-state index in [1.54, 1.807) is 30.5 Å². The number of rotatable bonds is 8. The highest BCUT2D eigenvalue weighted by Gasteiger charge is 2.33. The monoisotopic (exact) mass is 484 g/mol. The van der Waals surface area contributed by atoms with Crippen LogP contribution in [0.15, 0.2) is 53.6 Å². The molecule has 2 N–H and O–H groups in total. The maximum atomic E-state index is 13.4. The summed E-state index contributed by atoms with van der Waals surface area (Å²) in [6, 6.07) is 12.5. The fourth-order valence-corrected chi connectivity index (χ4v) is 5.87. The van der Waals surface area contributed by atoms with Crippen LogP contribution in [0.5, 0.6) is 5.75 Å². The number of carboxylic acids is 1. The van der Waals surface area contributed by atoms with Gasteiger partial charge in [-0.2, -0.15) is 19.7 Å². The van der Waals surface area contributed by atoms with Crippen LogP contribution < -0.4 is 4.74 Å². The fraction of sp³-hybridized carbons (Fsp3) is 0.375. The minimum absolute atomic E-state index is 0.0272. The number of benzene rings is 2. The molecule has 0 radical (unpaired) electrons. The largest absolute Gasteiger partial charge is 0.488 e. The van der Waals surface area contributed by atoms with Gasteiger partial charge in [0.05, 0.1) is 24.9 Å². The highest BCUT2D eigenvalue weighted by Crippen LogP contribution is 2.33. The number of para-hydroxylation sites is 1. The Labute approximate surface area is 198 Å². The Morgan fingerprint density at radius 1 is 1.29 bits per heavy atom. The van der Waals surface area contributed by atoms with Gasteiger partial charge in [-0.3, -0.25) is 4.79 Å². The van der Waals surface area contributed by atoms with Gasteiger partial charge >= 0.3 is 5.97 Å². The molecular weight excluding hydrogens is 456 g/mol. The lowest BCUT2D eigenvalue weighted by molar-refractivity contribution is -0.137. The van der Waals surface area contributed by atoms with Gasteiger partial charge in [-0.05, 0) is 61.4 Å². The summed E-state index contributed by atoms with van der Waals surface area (Å²) in [6.07, 6.45) is 2.46. The van der Waals surface area contributed by atoms with Crippen LogP contribution in [0.1, 0.15) is 48.1 Å². The van der Waals surface area contributed by atoms with Crippen molar-refractivity contribution >= 4 is 16.0 Å². The Bertz CT molecular complexity index is 1260. The lowest BCUT2D eigenvalue weighted by atomic mass is 9.88. The first-order valence-electron chi connectivity index (χ1n) is 11.2. The molecule has 2 aromatic carbocycles. The SMILES string of the molecule is Cc1ccc(C(CCc2cn[nH]n2)CC(=O)O)cc1CN1C[C@@H](C)Oc2ccccc2S1(=O)=O. The molecule has 34 heavy (non-hydrogen) atoms. The van der Waals surface area contributed by atoms with Crippen LogP contribution in [0.4, 0.5) is 0 Å². The molecule has 1 aliphatic rings. The van der Waals surface area contributed by atoms with E-state index >= 15 is 0 Å². The zero-order chi connectivity index (χ0) is 24.3. The van der Waals surface area contributed by atoms with Gasteiger partial charge in [0.1, 0.15) is 16.7 Å². The molecule has 4 rings (SSSR count). The quantitative estimate of drug-likeness (QED) is 0.503. The van der Waals surface area contributed by atoms with Crippen molar-refractivity contribution < 1.29 is 23.1 Å². The number of ether oxygens (including phenoxy) is 1. The molecule has 0 bridgehead atoms.